The van der Waals surface area contributed by atoms with E-state index in [2.05, 4.69) is 15.5 Å². The average molecular weight is 247 g/mol. The maximum atomic E-state index is 11.6. The number of aryl methyl sites for hydroxylation is 2. The molecule has 0 aliphatic heterocycles. The lowest BCUT2D eigenvalue weighted by atomic mass is 10.3. The fourth-order valence-corrected chi connectivity index (χ4v) is 1.34. The summed E-state index contributed by atoms with van der Waals surface area (Å²) >= 11 is 0. The maximum Gasteiger partial charge on any atom is 0.263 e. The molecule has 94 valence electrons. The molecule has 6 heteroatoms. The van der Waals surface area contributed by atoms with Gasteiger partial charge in [0.25, 0.3) is 11.8 Å². The second-order valence-corrected chi connectivity index (χ2v) is 3.78. The van der Waals surface area contributed by atoms with Crippen molar-refractivity contribution in [3.05, 3.63) is 35.7 Å². The van der Waals surface area contributed by atoms with Gasteiger partial charge in [0.2, 0.25) is 0 Å². The lowest BCUT2D eigenvalue weighted by Crippen LogP contribution is -2.21. The predicted octanol–water partition coefficient (Wildman–Crippen LogP) is 1.70. The lowest BCUT2D eigenvalue weighted by molar-refractivity contribution is -0.118. The van der Waals surface area contributed by atoms with Gasteiger partial charge in [0.15, 0.2) is 6.61 Å². The summed E-state index contributed by atoms with van der Waals surface area (Å²) in [5.41, 5.74) is 0.892. The monoisotopic (exact) mass is 247 g/mol. The minimum absolute atomic E-state index is 0.137. The van der Waals surface area contributed by atoms with Gasteiger partial charge in [0.1, 0.15) is 11.6 Å². The quantitative estimate of drug-likeness (QED) is 0.889. The molecule has 0 aliphatic carbocycles. The van der Waals surface area contributed by atoms with Gasteiger partial charge in [-0.15, -0.1) is 0 Å². The first-order valence-corrected chi connectivity index (χ1v) is 5.43. The van der Waals surface area contributed by atoms with Crippen molar-refractivity contribution < 1.29 is 14.1 Å². The number of hydrogen-bond donors (Lipinski definition) is 1. The van der Waals surface area contributed by atoms with Gasteiger partial charge in [0.05, 0.1) is 0 Å². The highest BCUT2D eigenvalue weighted by molar-refractivity contribution is 5.91. The number of nitrogens with zero attached hydrogens (tertiary/aromatic N) is 2. The third-order valence-corrected chi connectivity index (χ3v) is 2.22. The van der Waals surface area contributed by atoms with Crippen LogP contribution in [0.2, 0.25) is 0 Å². The highest BCUT2D eigenvalue weighted by atomic mass is 16.5. The van der Waals surface area contributed by atoms with E-state index in [1.807, 2.05) is 13.0 Å². The Labute approximate surface area is 104 Å². The molecule has 2 rings (SSSR count). The zero-order valence-corrected chi connectivity index (χ0v) is 10.1. The van der Waals surface area contributed by atoms with Crippen molar-refractivity contribution in [2.45, 2.75) is 13.8 Å². The van der Waals surface area contributed by atoms with Crippen LogP contribution in [0, 0.1) is 13.8 Å². The first-order valence-electron chi connectivity index (χ1n) is 5.43. The first-order chi connectivity index (χ1) is 8.65. The fourth-order valence-electron chi connectivity index (χ4n) is 1.34. The summed E-state index contributed by atoms with van der Waals surface area (Å²) < 4.78 is 9.97. The van der Waals surface area contributed by atoms with E-state index in [1.54, 1.807) is 25.3 Å². The molecule has 2 aromatic heterocycles. The van der Waals surface area contributed by atoms with Crippen molar-refractivity contribution in [3.8, 4) is 5.88 Å². The van der Waals surface area contributed by atoms with Crippen LogP contribution in [0.15, 0.2) is 28.9 Å². The van der Waals surface area contributed by atoms with E-state index in [0.29, 0.717) is 17.5 Å². The molecule has 0 spiro atoms. The number of carbonyl (C=O) groups excluding carboxylic acids is 1. The predicted molar refractivity (Wildman–Crippen MR) is 64.3 cm³/mol. The van der Waals surface area contributed by atoms with Crippen LogP contribution in [-0.2, 0) is 4.79 Å². The van der Waals surface area contributed by atoms with E-state index in [4.69, 9.17) is 9.26 Å². The van der Waals surface area contributed by atoms with Gasteiger partial charge < -0.3 is 14.6 Å². The number of amides is 1. The van der Waals surface area contributed by atoms with Crippen molar-refractivity contribution in [1.29, 1.82) is 0 Å². The molecular weight excluding hydrogens is 234 g/mol. The Morgan fingerprint density at radius 2 is 2.33 bits per heavy atom. The largest absolute Gasteiger partial charge is 0.465 e. The summed E-state index contributed by atoms with van der Waals surface area (Å²) in [6, 6.07) is 5.28. The van der Waals surface area contributed by atoms with Crippen LogP contribution in [-0.4, -0.2) is 22.7 Å². The molecule has 0 aliphatic rings. The van der Waals surface area contributed by atoms with Gasteiger partial charge in [-0.3, -0.25) is 4.79 Å². The van der Waals surface area contributed by atoms with Crippen molar-refractivity contribution in [2.75, 3.05) is 11.9 Å². The number of hydrogen-bond acceptors (Lipinski definition) is 5. The average Bonchev–Trinajstić information content (AvgIpc) is 2.76. The zero-order chi connectivity index (χ0) is 13.0. The summed E-state index contributed by atoms with van der Waals surface area (Å²) in [7, 11) is 0. The Morgan fingerprint density at radius 1 is 1.50 bits per heavy atom. The number of anilines is 1. The molecule has 0 aromatic carbocycles. The Hall–Kier alpha value is -2.37. The number of carbonyl (C=O) groups is 1. The highest BCUT2D eigenvalue weighted by Gasteiger charge is 2.08. The van der Waals surface area contributed by atoms with Crippen LogP contribution in [0.5, 0.6) is 5.88 Å². The summed E-state index contributed by atoms with van der Waals surface area (Å²) in [5, 5.41) is 6.27. The van der Waals surface area contributed by atoms with Crippen molar-refractivity contribution >= 4 is 11.7 Å². The molecule has 1 N–H and O–H groups in total. The number of rotatable bonds is 4. The van der Waals surface area contributed by atoms with Crippen molar-refractivity contribution in [2.24, 2.45) is 0 Å². The van der Waals surface area contributed by atoms with Crippen molar-refractivity contribution in [1.82, 2.24) is 10.1 Å². The third-order valence-electron chi connectivity index (χ3n) is 2.22. The van der Waals surface area contributed by atoms with Gasteiger partial charge in [-0.05, 0) is 30.6 Å². The van der Waals surface area contributed by atoms with Gasteiger partial charge in [-0.25, -0.2) is 4.98 Å². The van der Waals surface area contributed by atoms with E-state index in [9.17, 15) is 4.79 Å². The molecule has 0 radical (unpaired) electrons. The molecule has 0 saturated carbocycles. The molecule has 0 atom stereocenters. The number of pyridine rings is 1. The topological polar surface area (TPSA) is 77.2 Å². The molecule has 2 heterocycles. The summed E-state index contributed by atoms with van der Waals surface area (Å²) in [5.74, 6) is 1.16. The second kappa shape index (κ2) is 5.31. The molecule has 6 nitrogen and oxygen atoms in total. The van der Waals surface area contributed by atoms with E-state index in [-0.39, 0.29) is 12.5 Å². The summed E-state index contributed by atoms with van der Waals surface area (Å²) in [4.78, 5) is 15.7. The molecule has 0 saturated heterocycles. The Morgan fingerprint density at radius 3 is 3.00 bits per heavy atom. The SMILES string of the molecule is Cc1cc(OCC(=O)Nc2ncccc2C)no1. The number of ether oxygens (including phenoxy) is 1. The lowest BCUT2D eigenvalue weighted by Gasteiger charge is -2.06. The number of aromatic nitrogens is 2. The summed E-state index contributed by atoms with van der Waals surface area (Å²) in [6.45, 7) is 3.48. The van der Waals surface area contributed by atoms with E-state index in [1.165, 1.54) is 0 Å². The van der Waals surface area contributed by atoms with Crippen LogP contribution in [0.4, 0.5) is 5.82 Å². The molecular formula is C12H13N3O3. The molecule has 2 aromatic rings. The minimum Gasteiger partial charge on any atom is -0.465 e. The highest BCUT2D eigenvalue weighted by Crippen LogP contribution is 2.11. The van der Waals surface area contributed by atoms with Crippen LogP contribution in [0.1, 0.15) is 11.3 Å². The molecule has 0 fully saturated rings. The van der Waals surface area contributed by atoms with Crippen LogP contribution >= 0.6 is 0 Å². The number of nitrogens with one attached hydrogen (secondary N) is 1. The molecule has 1 amide bonds. The zero-order valence-electron chi connectivity index (χ0n) is 10.1. The minimum atomic E-state index is -0.294. The van der Waals surface area contributed by atoms with Gasteiger partial charge in [0, 0.05) is 12.3 Å². The third kappa shape index (κ3) is 3.07. The molecule has 0 unspecified atom stereocenters. The van der Waals surface area contributed by atoms with Crippen LogP contribution in [0.3, 0.4) is 0 Å². The van der Waals surface area contributed by atoms with Crippen LogP contribution < -0.4 is 10.1 Å². The smallest absolute Gasteiger partial charge is 0.263 e. The van der Waals surface area contributed by atoms with Crippen molar-refractivity contribution in [3.63, 3.8) is 0 Å². The van der Waals surface area contributed by atoms with Gasteiger partial charge in [-0.1, -0.05) is 6.07 Å². The standard InChI is InChI=1S/C12H13N3O3/c1-8-4-3-5-13-12(8)14-10(16)7-17-11-6-9(2)18-15-11/h3-6H,7H2,1-2H3,(H,13,14,16). The Bertz CT molecular complexity index is 551. The van der Waals surface area contributed by atoms with Gasteiger partial charge in [-0.2, -0.15) is 0 Å². The Kier molecular flexibility index (Phi) is 3.57. The Balaban J connectivity index is 1.88. The van der Waals surface area contributed by atoms with E-state index >= 15 is 0 Å². The molecule has 18 heavy (non-hydrogen) atoms. The summed E-state index contributed by atoms with van der Waals surface area (Å²) in [6.07, 6.45) is 1.62. The van der Waals surface area contributed by atoms with Crippen LogP contribution in [0.25, 0.3) is 0 Å². The normalized spacial score (nSPS) is 10.1. The van der Waals surface area contributed by atoms with E-state index < -0.39 is 0 Å². The van der Waals surface area contributed by atoms with E-state index in [0.717, 1.165) is 5.56 Å². The fraction of sp³-hybridized carbons (Fsp3) is 0.250. The molecule has 0 bridgehead atoms. The first kappa shape index (κ1) is 12.1. The maximum absolute atomic E-state index is 11.6. The van der Waals surface area contributed by atoms with Gasteiger partial charge >= 0.3 is 0 Å². The second-order valence-electron chi connectivity index (χ2n) is 3.78.